The fraction of sp³-hybridized carbons (Fsp3) is 0.400. The van der Waals surface area contributed by atoms with Crippen LogP contribution in [0.1, 0.15) is 51.9 Å². The van der Waals surface area contributed by atoms with E-state index in [1.807, 2.05) is 0 Å². The average Bonchev–Trinajstić information content (AvgIpc) is 2.32. The summed E-state index contributed by atoms with van der Waals surface area (Å²) in [6, 6.07) is 9.35. The number of nitrogens with one attached hydrogen (secondary N) is 1. The van der Waals surface area contributed by atoms with Gasteiger partial charge in [0.15, 0.2) is 0 Å². The summed E-state index contributed by atoms with van der Waals surface area (Å²) in [5, 5.41) is 3.72. The number of rotatable bonds is 3. The Morgan fingerprint density at radius 1 is 0.667 bits per heavy atom. The molecule has 0 saturated heterocycles. The van der Waals surface area contributed by atoms with Crippen LogP contribution in [-0.4, -0.2) is 0 Å². The summed E-state index contributed by atoms with van der Waals surface area (Å²) in [7, 11) is 0. The molecular weight excluding hydrogens is 254 g/mol. The topological polar surface area (TPSA) is 12.0 Å². The summed E-state index contributed by atoms with van der Waals surface area (Å²) in [4.78, 5) is 0. The minimum atomic E-state index is 0.311. The van der Waals surface area contributed by atoms with Gasteiger partial charge in [-0.05, 0) is 76.3 Å². The van der Waals surface area contributed by atoms with Gasteiger partial charge in [-0.25, -0.2) is 0 Å². The first kappa shape index (κ1) is 15.6. The van der Waals surface area contributed by atoms with Crippen LogP contribution in [-0.2, 0) is 0 Å². The number of benzene rings is 2. The summed E-state index contributed by atoms with van der Waals surface area (Å²) in [5.74, 6) is 0. The zero-order valence-corrected chi connectivity index (χ0v) is 14.4. The Morgan fingerprint density at radius 2 is 1.05 bits per heavy atom. The van der Waals surface area contributed by atoms with Crippen molar-refractivity contribution in [3.05, 3.63) is 63.2 Å². The molecule has 1 unspecified atom stereocenters. The Kier molecular flexibility index (Phi) is 4.41. The van der Waals surface area contributed by atoms with E-state index in [2.05, 4.69) is 78.0 Å². The molecule has 1 heteroatoms. The molecule has 0 aliphatic rings. The predicted molar refractivity (Wildman–Crippen MR) is 93.3 cm³/mol. The lowest BCUT2D eigenvalue weighted by atomic mass is 9.94. The van der Waals surface area contributed by atoms with Crippen molar-refractivity contribution in [2.24, 2.45) is 0 Å². The van der Waals surface area contributed by atoms with Gasteiger partial charge in [0.25, 0.3) is 0 Å². The van der Waals surface area contributed by atoms with Crippen LogP contribution in [0, 0.1) is 41.5 Å². The third-order valence-electron chi connectivity index (χ3n) is 4.21. The molecule has 0 radical (unpaired) electrons. The second-order valence-electron chi connectivity index (χ2n) is 6.45. The standard InChI is InChI=1S/C20H27N/c1-12-8-14(3)19(15(4)9-12)18(7)21-20-16(5)10-13(2)11-17(20)6/h8-11,18,21H,1-7H3. The molecular formula is C20H27N. The lowest BCUT2D eigenvalue weighted by Crippen LogP contribution is -2.12. The van der Waals surface area contributed by atoms with Crippen LogP contribution in [0.4, 0.5) is 5.69 Å². The molecule has 0 fully saturated rings. The molecule has 112 valence electrons. The average molecular weight is 281 g/mol. The van der Waals surface area contributed by atoms with Crippen LogP contribution in [0.15, 0.2) is 24.3 Å². The van der Waals surface area contributed by atoms with Crippen LogP contribution in [0.25, 0.3) is 0 Å². The van der Waals surface area contributed by atoms with Gasteiger partial charge in [0.05, 0.1) is 0 Å². The highest BCUT2D eigenvalue weighted by atomic mass is 14.9. The zero-order chi connectivity index (χ0) is 15.7. The van der Waals surface area contributed by atoms with Gasteiger partial charge in [0.1, 0.15) is 0 Å². The van der Waals surface area contributed by atoms with Crippen LogP contribution >= 0.6 is 0 Å². The second-order valence-corrected chi connectivity index (χ2v) is 6.45. The van der Waals surface area contributed by atoms with Crippen molar-refractivity contribution in [1.82, 2.24) is 0 Å². The summed E-state index contributed by atoms with van der Waals surface area (Å²) in [6.07, 6.45) is 0. The first-order chi connectivity index (χ1) is 9.79. The highest BCUT2D eigenvalue weighted by Crippen LogP contribution is 2.30. The van der Waals surface area contributed by atoms with Crippen molar-refractivity contribution in [2.75, 3.05) is 5.32 Å². The van der Waals surface area contributed by atoms with Gasteiger partial charge in [-0.3, -0.25) is 0 Å². The molecule has 0 aliphatic heterocycles. The number of hydrogen-bond donors (Lipinski definition) is 1. The van der Waals surface area contributed by atoms with Gasteiger partial charge in [-0.1, -0.05) is 35.4 Å². The Hall–Kier alpha value is -1.76. The number of aryl methyl sites for hydroxylation is 6. The molecule has 2 aromatic rings. The second kappa shape index (κ2) is 5.93. The first-order valence-electron chi connectivity index (χ1n) is 7.71. The minimum absolute atomic E-state index is 0.311. The molecule has 0 aromatic heterocycles. The van der Waals surface area contributed by atoms with E-state index in [0.717, 1.165) is 0 Å². The maximum atomic E-state index is 3.72. The van der Waals surface area contributed by atoms with E-state index in [9.17, 15) is 0 Å². The molecule has 2 aromatic carbocycles. The molecule has 0 amide bonds. The fourth-order valence-corrected chi connectivity index (χ4v) is 3.57. The van der Waals surface area contributed by atoms with Crippen LogP contribution in [0.5, 0.6) is 0 Å². The smallest absolute Gasteiger partial charge is 0.0491 e. The minimum Gasteiger partial charge on any atom is -0.378 e. The van der Waals surface area contributed by atoms with E-state index in [1.165, 1.54) is 44.6 Å². The van der Waals surface area contributed by atoms with Crippen LogP contribution in [0.3, 0.4) is 0 Å². The fourth-order valence-electron chi connectivity index (χ4n) is 3.57. The predicted octanol–water partition coefficient (Wildman–Crippen LogP) is 5.71. The SMILES string of the molecule is Cc1cc(C)c(NC(C)c2c(C)cc(C)cc2C)c(C)c1. The summed E-state index contributed by atoms with van der Waals surface area (Å²) in [6.45, 7) is 15.4. The lowest BCUT2D eigenvalue weighted by molar-refractivity contribution is 0.858. The number of anilines is 1. The quantitative estimate of drug-likeness (QED) is 0.759. The third kappa shape index (κ3) is 3.29. The monoisotopic (exact) mass is 281 g/mol. The molecule has 0 bridgehead atoms. The molecule has 1 atom stereocenters. The Balaban J connectivity index is 2.37. The Bertz CT molecular complexity index is 622. The lowest BCUT2D eigenvalue weighted by Gasteiger charge is -2.23. The van der Waals surface area contributed by atoms with Gasteiger partial charge in [0.2, 0.25) is 0 Å². The van der Waals surface area contributed by atoms with Crippen LogP contribution in [0.2, 0.25) is 0 Å². The van der Waals surface area contributed by atoms with Gasteiger partial charge in [-0.15, -0.1) is 0 Å². The highest BCUT2D eigenvalue weighted by Gasteiger charge is 2.14. The van der Waals surface area contributed by atoms with Crippen molar-refractivity contribution in [3.8, 4) is 0 Å². The van der Waals surface area contributed by atoms with Crippen molar-refractivity contribution in [3.63, 3.8) is 0 Å². The third-order valence-corrected chi connectivity index (χ3v) is 4.21. The van der Waals surface area contributed by atoms with E-state index in [4.69, 9.17) is 0 Å². The normalized spacial score (nSPS) is 12.3. The summed E-state index contributed by atoms with van der Waals surface area (Å²) >= 11 is 0. The van der Waals surface area contributed by atoms with E-state index < -0.39 is 0 Å². The largest absolute Gasteiger partial charge is 0.378 e. The number of hydrogen-bond acceptors (Lipinski definition) is 1. The van der Waals surface area contributed by atoms with E-state index >= 15 is 0 Å². The van der Waals surface area contributed by atoms with E-state index in [0.29, 0.717) is 6.04 Å². The molecule has 21 heavy (non-hydrogen) atoms. The highest BCUT2D eigenvalue weighted by molar-refractivity contribution is 5.59. The van der Waals surface area contributed by atoms with E-state index in [-0.39, 0.29) is 0 Å². The molecule has 2 rings (SSSR count). The van der Waals surface area contributed by atoms with Crippen molar-refractivity contribution < 1.29 is 0 Å². The van der Waals surface area contributed by atoms with Gasteiger partial charge in [0, 0.05) is 11.7 Å². The van der Waals surface area contributed by atoms with Crippen molar-refractivity contribution in [2.45, 2.75) is 54.5 Å². The van der Waals surface area contributed by atoms with Crippen LogP contribution < -0.4 is 5.32 Å². The Morgan fingerprint density at radius 3 is 1.48 bits per heavy atom. The zero-order valence-electron chi connectivity index (χ0n) is 14.4. The summed E-state index contributed by atoms with van der Waals surface area (Å²) in [5.41, 5.74) is 10.7. The molecule has 1 N–H and O–H groups in total. The van der Waals surface area contributed by atoms with Gasteiger partial charge >= 0.3 is 0 Å². The molecule has 0 spiro atoms. The first-order valence-corrected chi connectivity index (χ1v) is 7.71. The summed E-state index contributed by atoms with van der Waals surface area (Å²) < 4.78 is 0. The van der Waals surface area contributed by atoms with Gasteiger partial charge in [-0.2, -0.15) is 0 Å². The Labute approximate surface area is 129 Å². The van der Waals surface area contributed by atoms with Crippen molar-refractivity contribution in [1.29, 1.82) is 0 Å². The molecule has 1 nitrogen and oxygen atoms in total. The molecule has 0 saturated carbocycles. The molecule has 0 heterocycles. The van der Waals surface area contributed by atoms with Crippen molar-refractivity contribution >= 4 is 5.69 Å². The van der Waals surface area contributed by atoms with Gasteiger partial charge < -0.3 is 5.32 Å². The maximum Gasteiger partial charge on any atom is 0.0491 e. The van der Waals surface area contributed by atoms with E-state index in [1.54, 1.807) is 0 Å². The maximum absolute atomic E-state index is 3.72. The molecule has 0 aliphatic carbocycles.